The molecule has 0 aromatic heterocycles. The molecule has 32 heteroatoms. The third-order valence-electron chi connectivity index (χ3n) is 8.06. The average Bonchev–Trinajstić information content (AvgIpc) is 3.68. The van der Waals surface area contributed by atoms with Gasteiger partial charge in [-0.15, -0.1) is 11.8 Å². The van der Waals surface area contributed by atoms with Crippen LogP contribution in [0.2, 0.25) is 0 Å². The third kappa shape index (κ3) is 140. The highest BCUT2D eigenvalue weighted by Crippen LogP contribution is 1.98. The zero-order valence-electron chi connectivity index (χ0n) is 60.2. The van der Waals surface area contributed by atoms with Crippen molar-refractivity contribution in [3.8, 4) is 0 Å². The minimum absolute atomic E-state index is 0.0494. The number of esters is 10. The lowest BCUT2D eigenvalue weighted by atomic mass is 10.2. The minimum Gasteiger partial charge on any atom is -0.469 e. The summed E-state index contributed by atoms with van der Waals surface area (Å²) in [5, 5.41) is 0. The van der Waals surface area contributed by atoms with E-state index in [1.807, 2.05) is 74.1 Å². The molecule has 0 aliphatic carbocycles. The summed E-state index contributed by atoms with van der Waals surface area (Å²) >= 11 is 3.38. The molecule has 0 aliphatic rings. The second kappa shape index (κ2) is 105. The lowest BCUT2D eigenvalue weighted by molar-refractivity contribution is -0.156. The highest BCUT2D eigenvalue weighted by Gasteiger charge is 2.09. The van der Waals surface area contributed by atoms with E-state index < -0.39 is 29.8 Å². The molecule has 0 N–H and O–H groups in total. The van der Waals surface area contributed by atoms with Crippen LogP contribution in [0.3, 0.4) is 0 Å². The molecule has 0 aromatic carbocycles. The molecule has 0 bridgehead atoms. The maximum atomic E-state index is 10.5. The molecule has 0 saturated heterocycles. The van der Waals surface area contributed by atoms with Crippen molar-refractivity contribution in [3.63, 3.8) is 0 Å². The number of carbonyl (C=O) groups is 12. The second-order valence-electron chi connectivity index (χ2n) is 15.1. The molecule has 556 valence electrons. The third-order valence-corrected chi connectivity index (χ3v) is 9.65. The number of thioether (sulfide) groups is 2. The van der Waals surface area contributed by atoms with Crippen molar-refractivity contribution < 1.29 is 143 Å². The van der Waals surface area contributed by atoms with Crippen LogP contribution < -0.4 is 0 Å². The van der Waals surface area contributed by atoms with Crippen molar-refractivity contribution in [1.29, 1.82) is 0 Å². The number of ketones is 2. The quantitative estimate of drug-likeness (QED) is 0.0192. The molecule has 0 aromatic rings. The number of hydrogen-bond donors (Lipinski definition) is 0. The van der Waals surface area contributed by atoms with Gasteiger partial charge in [-0.1, -0.05) is 41.5 Å². The molecule has 0 heterocycles. The average molecular weight is 1400 g/mol. The Bertz CT molecular complexity index is 1590. The van der Waals surface area contributed by atoms with Crippen molar-refractivity contribution in [2.24, 2.45) is 0 Å². The molecule has 0 radical (unpaired) electrons. The lowest BCUT2D eigenvalue weighted by Gasteiger charge is -2.00. The van der Waals surface area contributed by atoms with Gasteiger partial charge in [-0.2, -0.15) is 11.8 Å². The topological polar surface area (TPSA) is 371 Å². The molecule has 0 fully saturated rings. The van der Waals surface area contributed by atoms with Crippen molar-refractivity contribution in [2.45, 2.75) is 149 Å². The molecule has 0 rings (SSSR count). The van der Waals surface area contributed by atoms with Crippen molar-refractivity contribution in [2.75, 3.05) is 179 Å². The summed E-state index contributed by atoms with van der Waals surface area (Å²) in [7, 11) is 7.92. The number of methoxy groups -OCH3 is 6. The maximum absolute atomic E-state index is 10.5. The number of rotatable bonds is 38. The highest BCUT2D eigenvalue weighted by atomic mass is 32.2. The Morgan fingerprint density at radius 2 is 0.613 bits per heavy atom. The standard InChI is InChI=1S/2C6H10O4.C6H10O3.2C6H12O3.C6H12O2.2C5H10O3.C5H10O2S.C5H12O2.C5H12OS/c1-3-10-6(8)4-5(7)9-2;1-3-5(7)10-4-6(8)9-2;1-3-5(7)4-6(8)9-2;1-3-8-5-6(7)9-4-2;1-3-6(7)9-5-8-4-2;1-3-6(7)5-8-4-2;1-3-8-4-5(6)7-2;1-3-8-5(6)4-7-2;1-3-8-4-5(6)7-2;2*1-3-6-5-7-4-2/h2*3-4H2,1-2H3;3-4H2,1-2H3;2*3-5H2,1-2H3;3-5H2,1-2H3;3*3-4H2,1-2H3;2*3-5H2,1-2H3. The summed E-state index contributed by atoms with van der Waals surface area (Å²) in [5.41, 5.74) is 0. The predicted octanol–water partition coefficient (Wildman–Crippen LogP) is 7.33. The van der Waals surface area contributed by atoms with Crippen LogP contribution in [0.25, 0.3) is 0 Å². The molecule has 0 aliphatic heterocycles. The van der Waals surface area contributed by atoms with E-state index in [9.17, 15) is 57.5 Å². The monoisotopic (exact) mass is 1400 g/mol. The Labute approximate surface area is 563 Å². The normalized spacial score (nSPS) is 8.92. The Morgan fingerprint density at radius 1 is 0.258 bits per heavy atom. The van der Waals surface area contributed by atoms with Gasteiger partial charge in [0.2, 0.25) is 0 Å². The first-order valence-corrected chi connectivity index (χ1v) is 32.4. The molecular formula is C61H120O30S2. The maximum Gasteiger partial charge on any atom is 0.344 e. The molecular weight excluding hydrogens is 1280 g/mol. The molecule has 0 amide bonds. The van der Waals surface area contributed by atoms with Crippen LogP contribution in [0.15, 0.2) is 0 Å². The van der Waals surface area contributed by atoms with E-state index in [1.165, 1.54) is 42.7 Å². The summed E-state index contributed by atoms with van der Waals surface area (Å²) in [6.07, 6.45) is 1.27. The minimum atomic E-state index is -0.571. The van der Waals surface area contributed by atoms with Crippen molar-refractivity contribution >= 4 is 94.8 Å². The van der Waals surface area contributed by atoms with Gasteiger partial charge in [0.1, 0.15) is 51.8 Å². The number of carbonyl (C=O) groups excluding carboxylic acids is 12. The molecule has 0 saturated carbocycles. The molecule has 0 unspecified atom stereocenters. The summed E-state index contributed by atoms with van der Waals surface area (Å²) in [6.45, 7) is 36.0. The molecule has 0 spiro atoms. The Morgan fingerprint density at radius 3 is 0.978 bits per heavy atom. The molecule has 0 atom stereocenters. The van der Waals surface area contributed by atoms with E-state index in [-0.39, 0.29) is 107 Å². The fraction of sp³-hybridized carbons (Fsp3) is 0.803. The van der Waals surface area contributed by atoms with Crippen LogP contribution in [-0.4, -0.2) is 250 Å². The largest absolute Gasteiger partial charge is 0.469 e. The zero-order chi connectivity index (χ0) is 74.2. The van der Waals surface area contributed by atoms with Gasteiger partial charge >= 0.3 is 59.7 Å². The van der Waals surface area contributed by atoms with Gasteiger partial charge in [0.15, 0.2) is 19.2 Å². The van der Waals surface area contributed by atoms with Crippen molar-refractivity contribution in [3.05, 3.63) is 0 Å². The summed E-state index contributed by atoms with van der Waals surface area (Å²) in [4.78, 5) is 125. The van der Waals surface area contributed by atoms with E-state index in [2.05, 4.69) is 59.0 Å². The van der Waals surface area contributed by atoms with E-state index in [0.29, 0.717) is 71.4 Å². The van der Waals surface area contributed by atoms with Gasteiger partial charge in [0.05, 0.1) is 67.1 Å². The molecule has 30 nitrogen and oxygen atoms in total. The predicted molar refractivity (Wildman–Crippen MR) is 351 cm³/mol. The Kier molecular flexibility index (Phi) is 126. The zero-order valence-corrected chi connectivity index (χ0v) is 61.8. The van der Waals surface area contributed by atoms with E-state index >= 15 is 0 Å². The van der Waals surface area contributed by atoms with E-state index in [0.717, 1.165) is 37.3 Å². The van der Waals surface area contributed by atoms with E-state index in [1.54, 1.807) is 53.3 Å². The first kappa shape index (κ1) is 112. The smallest absolute Gasteiger partial charge is 0.344 e. The SMILES string of the molecule is CCC(=O)CC(=O)OC.CCC(=O)OCC(=O)OC.CCOC(=O)CC(=O)OC.CCOC(=O)COC.CCOCC(=O)CC.CCOCC(=O)OC.CCOCC(=O)OCC.CCOCOC(=O)CC.CCOCOCC.CCOCSCC.CCSCC(=O)OC. The summed E-state index contributed by atoms with van der Waals surface area (Å²) in [6, 6.07) is 0. The van der Waals surface area contributed by atoms with E-state index in [4.69, 9.17) is 33.2 Å². The van der Waals surface area contributed by atoms with Gasteiger partial charge in [-0.05, 0) is 80.7 Å². The van der Waals surface area contributed by atoms with Gasteiger partial charge in [-0.3, -0.25) is 38.4 Å². The van der Waals surface area contributed by atoms with Crippen LogP contribution in [-0.2, 0) is 143 Å². The highest BCUT2D eigenvalue weighted by molar-refractivity contribution is 7.99. The van der Waals surface area contributed by atoms with Crippen LogP contribution in [0.5, 0.6) is 0 Å². The van der Waals surface area contributed by atoms with Gasteiger partial charge in [0, 0.05) is 79.0 Å². The lowest BCUT2D eigenvalue weighted by Crippen LogP contribution is -2.13. The van der Waals surface area contributed by atoms with Crippen LogP contribution >= 0.6 is 23.5 Å². The summed E-state index contributed by atoms with van der Waals surface area (Å²) < 4.78 is 82.3. The van der Waals surface area contributed by atoms with Gasteiger partial charge in [-0.25, -0.2) is 19.2 Å². The van der Waals surface area contributed by atoms with Crippen LogP contribution in [0.1, 0.15) is 149 Å². The van der Waals surface area contributed by atoms with Crippen LogP contribution in [0, 0.1) is 0 Å². The summed E-state index contributed by atoms with van der Waals surface area (Å²) in [5.74, 6) is -0.258. The fourth-order valence-corrected chi connectivity index (χ4v) is 4.26. The number of ether oxygens (including phenoxy) is 18. The molecule has 93 heavy (non-hydrogen) atoms. The second-order valence-corrected chi connectivity index (χ2v) is 17.6. The number of hydrogen-bond acceptors (Lipinski definition) is 32. The fourth-order valence-electron chi connectivity index (χ4n) is 3.32. The Balaban J connectivity index is -0.0000000885. The first-order valence-electron chi connectivity index (χ1n) is 30.1. The Hall–Kier alpha value is -5.58. The van der Waals surface area contributed by atoms with Crippen molar-refractivity contribution in [1.82, 2.24) is 0 Å². The number of Topliss-reactive ketones (excluding diaryl/α,β-unsaturated/α-hetero) is 2. The van der Waals surface area contributed by atoms with Crippen LogP contribution in [0.4, 0.5) is 0 Å². The van der Waals surface area contributed by atoms with Gasteiger partial charge < -0.3 is 85.3 Å². The van der Waals surface area contributed by atoms with Gasteiger partial charge in [0.25, 0.3) is 0 Å². The first-order chi connectivity index (χ1) is 44.3.